The van der Waals surface area contributed by atoms with Crippen LogP contribution in [0.3, 0.4) is 0 Å². The summed E-state index contributed by atoms with van der Waals surface area (Å²) in [5.41, 5.74) is 0. The Kier molecular flexibility index (Phi) is 5.37. The second-order valence-electron chi connectivity index (χ2n) is 5.05. The third-order valence-electron chi connectivity index (χ3n) is 3.46. The largest absolute Gasteiger partial charge is 0.359 e. The van der Waals surface area contributed by atoms with Gasteiger partial charge in [0, 0.05) is 29.9 Å². The molecule has 1 fully saturated rings. The normalized spacial score (nSPS) is 17.8. The molecule has 3 N–H and O–H groups in total. The van der Waals surface area contributed by atoms with Crippen molar-refractivity contribution in [1.29, 1.82) is 0 Å². The smallest absolute Gasteiger partial charge is 0.318 e. The van der Waals surface area contributed by atoms with E-state index in [0.717, 1.165) is 4.88 Å². The lowest BCUT2D eigenvalue weighted by atomic mass is 10.1. The molecule has 0 aliphatic carbocycles. The molecule has 1 atom stereocenters. The van der Waals surface area contributed by atoms with Crippen LogP contribution in [0.2, 0.25) is 0 Å². The first kappa shape index (κ1) is 16.3. The van der Waals surface area contributed by atoms with Crippen LogP contribution in [0.4, 0.5) is 4.79 Å². The van der Waals surface area contributed by atoms with Crippen molar-refractivity contribution in [2.24, 2.45) is 0 Å². The standard InChI is InChI=1S/C14H20N4O3S/c1-9-3-4-10(22-9)8-17-14(21)18-6-5-16-13(20)11(18)7-12(19)15-2/h3-4,11H,5-8H2,1-2H3,(H,15,19)(H,16,20)(H,17,21). The van der Waals surface area contributed by atoms with Gasteiger partial charge in [0.1, 0.15) is 6.04 Å². The predicted molar refractivity (Wildman–Crippen MR) is 83.5 cm³/mol. The van der Waals surface area contributed by atoms with Crippen molar-refractivity contribution >= 4 is 29.2 Å². The van der Waals surface area contributed by atoms with Crippen LogP contribution < -0.4 is 16.0 Å². The monoisotopic (exact) mass is 324 g/mol. The van der Waals surface area contributed by atoms with Gasteiger partial charge in [-0.05, 0) is 19.1 Å². The van der Waals surface area contributed by atoms with Crippen LogP contribution in [0, 0.1) is 6.92 Å². The van der Waals surface area contributed by atoms with E-state index in [1.54, 1.807) is 11.3 Å². The number of carbonyl (C=O) groups excluding carboxylic acids is 3. The molecule has 8 heteroatoms. The Balaban J connectivity index is 1.98. The maximum Gasteiger partial charge on any atom is 0.318 e. The second-order valence-corrected chi connectivity index (χ2v) is 6.42. The summed E-state index contributed by atoms with van der Waals surface area (Å²) in [5.74, 6) is -0.564. The average Bonchev–Trinajstić information content (AvgIpc) is 2.92. The molecule has 1 saturated heterocycles. The van der Waals surface area contributed by atoms with Crippen LogP contribution in [-0.4, -0.2) is 48.9 Å². The van der Waals surface area contributed by atoms with Gasteiger partial charge < -0.3 is 20.9 Å². The van der Waals surface area contributed by atoms with Crippen LogP contribution in [0.1, 0.15) is 16.2 Å². The Labute approximate surface area is 133 Å². The van der Waals surface area contributed by atoms with E-state index in [9.17, 15) is 14.4 Å². The molecule has 120 valence electrons. The highest BCUT2D eigenvalue weighted by Gasteiger charge is 2.34. The lowest BCUT2D eigenvalue weighted by Gasteiger charge is -2.34. The number of nitrogens with one attached hydrogen (secondary N) is 3. The van der Waals surface area contributed by atoms with E-state index < -0.39 is 6.04 Å². The van der Waals surface area contributed by atoms with Gasteiger partial charge in [-0.25, -0.2) is 4.79 Å². The molecule has 0 aromatic carbocycles. The van der Waals surface area contributed by atoms with Crippen LogP contribution in [0.15, 0.2) is 12.1 Å². The third-order valence-corrected chi connectivity index (χ3v) is 4.46. The average molecular weight is 324 g/mol. The number of nitrogens with zero attached hydrogens (tertiary/aromatic N) is 1. The van der Waals surface area contributed by atoms with E-state index in [1.807, 2.05) is 19.1 Å². The van der Waals surface area contributed by atoms with Crippen molar-refractivity contribution in [3.63, 3.8) is 0 Å². The maximum absolute atomic E-state index is 12.3. The summed E-state index contributed by atoms with van der Waals surface area (Å²) in [4.78, 5) is 39.4. The Hall–Kier alpha value is -2.09. The van der Waals surface area contributed by atoms with E-state index in [0.29, 0.717) is 19.6 Å². The summed E-state index contributed by atoms with van der Waals surface area (Å²) < 4.78 is 0. The lowest BCUT2D eigenvalue weighted by Crippen LogP contribution is -2.60. The molecular formula is C14H20N4O3S. The quantitative estimate of drug-likeness (QED) is 0.739. The van der Waals surface area contributed by atoms with Crippen molar-refractivity contribution in [3.05, 3.63) is 21.9 Å². The molecule has 2 heterocycles. The minimum atomic E-state index is -0.765. The second kappa shape index (κ2) is 7.26. The van der Waals surface area contributed by atoms with Gasteiger partial charge in [-0.15, -0.1) is 11.3 Å². The Morgan fingerprint density at radius 2 is 2.23 bits per heavy atom. The highest BCUT2D eigenvalue weighted by Crippen LogP contribution is 2.15. The van der Waals surface area contributed by atoms with Crippen molar-refractivity contribution in [3.8, 4) is 0 Å². The first-order valence-corrected chi connectivity index (χ1v) is 7.91. The van der Waals surface area contributed by atoms with Gasteiger partial charge in [0.25, 0.3) is 0 Å². The van der Waals surface area contributed by atoms with Gasteiger partial charge in [0.2, 0.25) is 11.8 Å². The van der Waals surface area contributed by atoms with E-state index in [2.05, 4.69) is 16.0 Å². The highest BCUT2D eigenvalue weighted by molar-refractivity contribution is 7.11. The fourth-order valence-corrected chi connectivity index (χ4v) is 3.11. The van der Waals surface area contributed by atoms with Crippen molar-refractivity contribution in [2.75, 3.05) is 20.1 Å². The van der Waals surface area contributed by atoms with E-state index >= 15 is 0 Å². The Morgan fingerprint density at radius 3 is 2.86 bits per heavy atom. The van der Waals surface area contributed by atoms with Gasteiger partial charge >= 0.3 is 6.03 Å². The zero-order chi connectivity index (χ0) is 16.1. The summed E-state index contributed by atoms with van der Waals surface area (Å²) in [5, 5.41) is 7.97. The maximum atomic E-state index is 12.3. The SMILES string of the molecule is CNC(=O)CC1C(=O)NCCN1C(=O)NCc1ccc(C)s1. The van der Waals surface area contributed by atoms with Crippen LogP contribution in [-0.2, 0) is 16.1 Å². The zero-order valence-corrected chi connectivity index (χ0v) is 13.5. The van der Waals surface area contributed by atoms with Crippen LogP contribution >= 0.6 is 11.3 Å². The Bertz CT molecular complexity index is 572. The third kappa shape index (κ3) is 3.97. The number of hydrogen-bond acceptors (Lipinski definition) is 4. The zero-order valence-electron chi connectivity index (χ0n) is 12.6. The first-order chi connectivity index (χ1) is 10.5. The van der Waals surface area contributed by atoms with E-state index in [4.69, 9.17) is 0 Å². The fourth-order valence-electron chi connectivity index (χ4n) is 2.28. The molecule has 1 unspecified atom stereocenters. The minimum Gasteiger partial charge on any atom is -0.359 e. The summed E-state index contributed by atoms with van der Waals surface area (Å²) >= 11 is 1.62. The summed E-state index contributed by atoms with van der Waals surface area (Å²) in [6.07, 6.45) is -0.0339. The number of carbonyl (C=O) groups is 3. The Morgan fingerprint density at radius 1 is 1.45 bits per heavy atom. The van der Waals surface area contributed by atoms with Crippen molar-refractivity contribution in [1.82, 2.24) is 20.9 Å². The van der Waals surface area contributed by atoms with Crippen molar-refractivity contribution in [2.45, 2.75) is 25.9 Å². The first-order valence-electron chi connectivity index (χ1n) is 7.09. The molecule has 0 bridgehead atoms. The molecule has 4 amide bonds. The molecule has 22 heavy (non-hydrogen) atoms. The van der Waals surface area contributed by atoms with E-state index in [1.165, 1.54) is 16.8 Å². The predicted octanol–water partition coefficient (Wildman–Crippen LogP) is 0.203. The number of rotatable bonds is 4. The number of amides is 4. The van der Waals surface area contributed by atoms with E-state index in [-0.39, 0.29) is 24.3 Å². The minimum absolute atomic E-state index is 0.0339. The molecule has 1 aliphatic heterocycles. The van der Waals surface area contributed by atoms with Crippen LogP contribution in [0.5, 0.6) is 0 Å². The topological polar surface area (TPSA) is 90.5 Å². The van der Waals surface area contributed by atoms with Gasteiger partial charge in [0.15, 0.2) is 0 Å². The van der Waals surface area contributed by atoms with Gasteiger partial charge in [-0.1, -0.05) is 0 Å². The number of aryl methyl sites for hydroxylation is 1. The number of piperazine rings is 1. The molecular weight excluding hydrogens is 304 g/mol. The summed E-state index contributed by atoms with van der Waals surface area (Å²) in [6, 6.07) is 2.87. The van der Waals surface area contributed by atoms with Crippen molar-refractivity contribution < 1.29 is 14.4 Å². The molecule has 1 aromatic rings. The molecule has 1 aliphatic rings. The molecule has 0 spiro atoms. The molecule has 2 rings (SSSR count). The fraction of sp³-hybridized carbons (Fsp3) is 0.500. The number of urea groups is 1. The molecule has 1 aromatic heterocycles. The van der Waals surface area contributed by atoms with Gasteiger partial charge in [-0.3, -0.25) is 9.59 Å². The van der Waals surface area contributed by atoms with Gasteiger partial charge in [-0.2, -0.15) is 0 Å². The lowest BCUT2D eigenvalue weighted by molar-refractivity contribution is -0.132. The molecule has 0 radical (unpaired) electrons. The van der Waals surface area contributed by atoms with Crippen LogP contribution in [0.25, 0.3) is 0 Å². The summed E-state index contributed by atoms with van der Waals surface area (Å²) in [7, 11) is 1.51. The molecule has 7 nitrogen and oxygen atoms in total. The number of hydrogen-bond donors (Lipinski definition) is 3. The number of thiophene rings is 1. The molecule has 0 saturated carbocycles. The summed E-state index contributed by atoms with van der Waals surface area (Å²) in [6.45, 7) is 3.21. The van der Waals surface area contributed by atoms with Gasteiger partial charge in [0.05, 0.1) is 13.0 Å². The highest BCUT2D eigenvalue weighted by atomic mass is 32.1.